The van der Waals surface area contributed by atoms with Crippen molar-refractivity contribution in [3.05, 3.63) is 48.0 Å². The van der Waals surface area contributed by atoms with Crippen LogP contribution in [-0.4, -0.2) is 50.5 Å². The molecule has 0 aromatic heterocycles. The van der Waals surface area contributed by atoms with E-state index in [1.54, 1.807) is 11.4 Å². The number of benzene rings is 1. The molecule has 1 atom stereocenters. The van der Waals surface area contributed by atoms with E-state index < -0.39 is 45.6 Å². The quantitative estimate of drug-likeness (QED) is 0.253. The highest BCUT2D eigenvalue weighted by Gasteiger charge is 2.55. The first-order valence-corrected chi connectivity index (χ1v) is 9.43. The van der Waals surface area contributed by atoms with E-state index in [4.69, 9.17) is 0 Å². The van der Waals surface area contributed by atoms with E-state index in [-0.39, 0.29) is 17.7 Å². The van der Waals surface area contributed by atoms with E-state index >= 15 is 0 Å². The first-order chi connectivity index (χ1) is 12.9. The smallest absolute Gasteiger partial charge is 0.351 e. The number of rotatable bonds is 10. The number of halogens is 2. The Morgan fingerprint density at radius 2 is 1.68 bits per heavy atom. The Hall–Kier alpha value is -2.66. The highest BCUT2D eigenvalue weighted by molar-refractivity contribution is 7.88. The second kappa shape index (κ2) is 9.51. The van der Waals surface area contributed by atoms with Crippen LogP contribution in [0, 0.1) is 0 Å². The van der Waals surface area contributed by atoms with Crippen LogP contribution in [0.5, 0.6) is 0 Å². The number of carbonyl (C=O) groups is 3. The zero-order valence-corrected chi connectivity index (χ0v) is 16.0. The van der Waals surface area contributed by atoms with Gasteiger partial charge < -0.3 is 10.6 Å². The molecule has 0 aliphatic carbocycles. The zero-order valence-electron chi connectivity index (χ0n) is 15.2. The largest absolute Gasteiger partial charge is 0.446 e. The second-order valence-electron chi connectivity index (χ2n) is 5.73. The van der Waals surface area contributed by atoms with Gasteiger partial charge in [0.2, 0.25) is 5.91 Å². The maximum Gasteiger partial charge on any atom is 0.446 e. The molecule has 1 unspecified atom stereocenters. The maximum atomic E-state index is 14.0. The van der Waals surface area contributed by atoms with Crippen molar-refractivity contribution in [3.8, 4) is 0 Å². The van der Waals surface area contributed by atoms with Crippen molar-refractivity contribution >= 4 is 27.7 Å². The summed E-state index contributed by atoms with van der Waals surface area (Å²) in [5, 5.41) is -0.984. The van der Waals surface area contributed by atoms with Crippen LogP contribution in [0.2, 0.25) is 0 Å². The van der Waals surface area contributed by atoms with E-state index in [0.29, 0.717) is 0 Å². The first-order valence-electron chi connectivity index (χ1n) is 8.02. The highest BCUT2D eigenvalue weighted by Crippen LogP contribution is 2.25. The topological polar surface area (TPSA) is 119 Å². The Morgan fingerprint density at radius 3 is 2.21 bits per heavy atom. The number of nitrogens with one attached hydrogen (secondary N) is 2. The molecule has 0 radical (unpaired) electrons. The summed E-state index contributed by atoms with van der Waals surface area (Å²) in [6.07, 6.45) is -1.76. The molecule has 0 aliphatic rings. The molecule has 0 aliphatic heterocycles. The van der Waals surface area contributed by atoms with Crippen LogP contribution < -0.4 is 10.6 Å². The predicted octanol–water partition coefficient (Wildman–Crippen LogP) is 1.01. The number of alkyl halides is 2. The Labute approximate surface area is 161 Å². The van der Waals surface area contributed by atoms with E-state index in [0.717, 1.165) is 6.92 Å². The maximum absolute atomic E-state index is 14.0. The fraction of sp³-hybridized carbons (Fsp3) is 0.353. The second-order valence-corrected chi connectivity index (χ2v) is 7.35. The summed E-state index contributed by atoms with van der Waals surface area (Å²) in [5.74, 6) is -3.54. The molecule has 2 N–H and O–H groups in total. The molecular weight excluding hydrogens is 398 g/mol. The minimum Gasteiger partial charge on any atom is -0.351 e. The Balaban J connectivity index is 2.71. The van der Waals surface area contributed by atoms with Gasteiger partial charge in [0.05, 0.1) is 0 Å². The lowest BCUT2D eigenvalue weighted by Crippen LogP contribution is -2.49. The molecule has 2 amide bonds. The number of hydrogen-bond donors (Lipinski definition) is 2. The van der Waals surface area contributed by atoms with Crippen molar-refractivity contribution in [2.45, 2.75) is 25.2 Å². The van der Waals surface area contributed by atoms with Gasteiger partial charge in [-0.2, -0.15) is 17.2 Å². The monoisotopic (exact) mass is 418 g/mol. The molecule has 8 nitrogen and oxygen atoms in total. The molecule has 154 valence electrons. The summed E-state index contributed by atoms with van der Waals surface area (Å²) < 4.78 is 55.8. The van der Waals surface area contributed by atoms with Crippen LogP contribution in [0.25, 0.3) is 0 Å². The van der Waals surface area contributed by atoms with Gasteiger partial charge in [-0.15, -0.1) is 0 Å². The summed E-state index contributed by atoms with van der Waals surface area (Å²) >= 11 is 0. The molecule has 11 heteroatoms. The van der Waals surface area contributed by atoms with Crippen LogP contribution in [0.15, 0.2) is 42.5 Å². The predicted molar refractivity (Wildman–Crippen MR) is 96.0 cm³/mol. The van der Waals surface area contributed by atoms with Gasteiger partial charge in [0.25, 0.3) is 0 Å². The molecule has 0 spiro atoms. The van der Waals surface area contributed by atoms with Gasteiger partial charge in [-0.1, -0.05) is 36.9 Å². The average Bonchev–Trinajstić information content (AvgIpc) is 2.64. The van der Waals surface area contributed by atoms with Gasteiger partial charge in [-0.25, -0.2) is 0 Å². The van der Waals surface area contributed by atoms with Gasteiger partial charge in [0, 0.05) is 24.2 Å². The number of carbonyl (C=O) groups excluding carboxylic acids is 3. The van der Waals surface area contributed by atoms with Crippen LogP contribution in [-0.2, 0) is 23.9 Å². The van der Waals surface area contributed by atoms with Crippen molar-refractivity contribution in [2.75, 3.05) is 13.1 Å². The lowest BCUT2D eigenvalue weighted by atomic mass is 10.1. The average molecular weight is 418 g/mol. The Bertz CT molecular complexity index is 856. The summed E-state index contributed by atoms with van der Waals surface area (Å²) in [7, 11) is -5.75. The van der Waals surface area contributed by atoms with Crippen molar-refractivity contribution in [1.82, 2.24) is 10.6 Å². The minimum absolute atomic E-state index is 0.0613. The van der Waals surface area contributed by atoms with Crippen molar-refractivity contribution in [2.24, 2.45) is 0 Å². The number of amides is 2. The van der Waals surface area contributed by atoms with Crippen LogP contribution in [0.3, 0.4) is 0 Å². The Kier molecular flexibility index (Phi) is 7.94. The lowest BCUT2D eigenvalue weighted by molar-refractivity contribution is -0.136. The lowest BCUT2D eigenvalue weighted by Gasteiger charge is -2.19. The van der Waals surface area contributed by atoms with Crippen molar-refractivity contribution < 1.29 is 35.8 Å². The first kappa shape index (κ1) is 23.4. The number of ketones is 1. The fourth-order valence-electron chi connectivity index (χ4n) is 1.85. The highest BCUT2D eigenvalue weighted by atomic mass is 32.2. The van der Waals surface area contributed by atoms with E-state index in [1.807, 2.05) is 0 Å². The SMILES string of the molecule is C=C(C)C(=O)NCCNC(=O)C(F)(F)S(=O)(=O)OC(C)C(=O)c1ccccc1. The van der Waals surface area contributed by atoms with Gasteiger partial charge >= 0.3 is 21.3 Å². The third kappa shape index (κ3) is 5.92. The standard InChI is InChI=1S/C17H20F2N2O6S/c1-11(2)15(23)20-9-10-21-16(24)17(18,19)28(25,26)27-12(3)14(22)13-7-5-4-6-8-13/h4-8,12H,1,9-10H2,2-3H3,(H,20,23)(H,21,24). The molecule has 0 fully saturated rings. The van der Waals surface area contributed by atoms with Gasteiger partial charge in [0.1, 0.15) is 6.10 Å². The summed E-state index contributed by atoms with van der Waals surface area (Å²) in [6, 6.07) is 7.33. The van der Waals surface area contributed by atoms with Gasteiger partial charge in [0.15, 0.2) is 5.78 Å². The van der Waals surface area contributed by atoms with Crippen LogP contribution in [0.1, 0.15) is 24.2 Å². The van der Waals surface area contributed by atoms with Crippen LogP contribution in [0.4, 0.5) is 8.78 Å². The molecule has 0 saturated heterocycles. The fourth-order valence-corrected chi connectivity index (χ4v) is 2.74. The summed E-state index contributed by atoms with van der Waals surface area (Å²) in [4.78, 5) is 34.9. The molecule has 1 rings (SSSR count). The molecule has 0 saturated carbocycles. The summed E-state index contributed by atoms with van der Waals surface area (Å²) in [6.45, 7) is 5.08. The molecule has 1 aromatic rings. The van der Waals surface area contributed by atoms with Gasteiger partial charge in [-0.3, -0.25) is 18.6 Å². The number of Topliss-reactive ketones (excluding diaryl/α,β-unsaturated/α-hetero) is 1. The van der Waals surface area contributed by atoms with E-state index in [9.17, 15) is 31.6 Å². The van der Waals surface area contributed by atoms with E-state index in [1.165, 1.54) is 31.2 Å². The van der Waals surface area contributed by atoms with Gasteiger partial charge in [-0.05, 0) is 13.8 Å². The number of hydrogen-bond acceptors (Lipinski definition) is 6. The van der Waals surface area contributed by atoms with Crippen molar-refractivity contribution in [3.63, 3.8) is 0 Å². The molecular formula is C17H20F2N2O6S. The molecule has 0 heterocycles. The van der Waals surface area contributed by atoms with Crippen molar-refractivity contribution in [1.29, 1.82) is 0 Å². The normalized spacial score (nSPS) is 12.7. The molecule has 0 bridgehead atoms. The zero-order chi connectivity index (χ0) is 21.5. The molecule has 1 aromatic carbocycles. The molecule has 28 heavy (non-hydrogen) atoms. The van der Waals surface area contributed by atoms with E-state index in [2.05, 4.69) is 16.1 Å². The minimum atomic E-state index is -5.75. The Morgan fingerprint density at radius 1 is 1.14 bits per heavy atom. The summed E-state index contributed by atoms with van der Waals surface area (Å²) in [5.41, 5.74) is 0.232. The van der Waals surface area contributed by atoms with Crippen LogP contribution >= 0.6 is 0 Å². The third-order valence-corrected chi connectivity index (χ3v) is 4.72. The third-order valence-electron chi connectivity index (χ3n) is 3.36.